The van der Waals surface area contributed by atoms with Gasteiger partial charge < -0.3 is 19.9 Å². The second kappa shape index (κ2) is 11.1. The quantitative estimate of drug-likeness (QED) is 0.437. The molecule has 0 unspecified atom stereocenters. The summed E-state index contributed by atoms with van der Waals surface area (Å²) < 4.78 is 48.6. The molecule has 1 amide bonds. The molecule has 2 aliphatic heterocycles. The highest BCUT2D eigenvalue weighted by Crippen LogP contribution is 2.32. The van der Waals surface area contributed by atoms with Crippen LogP contribution in [0.2, 0.25) is 0 Å². The van der Waals surface area contributed by atoms with Crippen LogP contribution in [0.4, 0.5) is 4.39 Å². The Balaban J connectivity index is 1.33. The Hall–Kier alpha value is -2.86. The number of piperidine rings is 1. The third-order valence-electron chi connectivity index (χ3n) is 7.60. The number of fused-ring (bicyclic) bond motifs is 1. The summed E-state index contributed by atoms with van der Waals surface area (Å²) in [6, 6.07) is 12.3. The van der Waals surface area contributed by atoms with Gasteiger partial charge in [-0.25, -0.2) is 17.8 Å². The molecule has 5 rings (SSSR count). The van der Waals surface area contributed by atoms with Crippen molar-refractivity contribution in [3.63, 3.8) is 0 Å². The molecule has 0 spiro atoms. The lowest BCUT2D eigenvalue weighted by molar-refractivity contribution is -0.136. The third kappa shape index (κ3) is 5.20. The van der Waals surface area contributed by atoms with Gasteiger partial charge in [0.1, 0.15) is 11.6 Å². The molecule has 2 aromatic carbocycles. The molecule has 9 nitrogen and oxygen atoms in total. The Morgan fingerprint density at radius 3 is 2.76 bits per heavy atom. The van der Waals surface area contributed by atoms with E-state index in [0.717, 1.165) is 48.7 Å². The number of sulfonamides is 1. The lowest BCUT2D eigenvalue weighted by Crippen LogP contribution is -2.47. The van der Waals surface area contributed by atoms with E-state index >= 15 is 0 Å². The van der Waals surface area contributed by atoms with Crippen molar-refractivity contribution in [2.45, 2.75) is 42.7 Å². The summed E-state index contributed by atoms with van der Waals surface area (Å²) in [5.74, 6) is -0.396. The van der Waals surface area contributed by atoms with E-state index in [9.17, 15) is 17.6 Å². The minimum Gasteiger partial charge on any atom is -0.385 e. The number of hydrogen-bond donors (Lipinski definition) is 1. The van der Waals surface area contributed by atoms with Crippen molar-refractivity contribution >= 4 is 27.0 Å². The van der Waals surface area contributed by atoms with Gasteiger partial charge in [0.2, 0.25) is 15.9 Å². The summed E-state index contributed by atoms with van der Waals surface area (Å²) in [4.78, 5) is 20.3. The van der Waals surface area contributed by atoms with Gasteiger partial charge >= 0.3 is 0 Å². The van der Waals surface area contributed by atoms with Crippen molar-refractivity contribution in [2.24, 2.45) is 11.7 Å². The number of rotatable bonds is 8. The molecule has 3 heterocycles. The Kier molecular flexibility index (Phi) is 7.80. The normalized spacial score (nSPS) is 22.8. The van der Waals surface area contributed by atoms with Gasteiger partial charge in [0, 0.05) is 58.4 Å². The number of benzene rings is 2. The fourth-order valence-corrected chi connectivity index (χ4v) is 7.19. The number of nitrogens with zero attached hydrogens (tertiary/aromatic N) is 4. The molecule has 1 aromatic heterocycles. The van der Waals surface area contributed by atoms with Gasteiger partial charge in [0.15, 0.2) is 0 Å². The topological polar surface area (TPSA) is 111 Å². The second-order valence-electron chi connectivity index (χ2n) is 10.1. The molecule has 3 aromatic rings. The zero-order chi connectivity index (χ0) is 26.9. The van der Waals surface area contributed by atoms with Crippen molar-refractivity contribution in [2.75, 3.05) is 39.9 Å². The van der Waals surface area contributed by atoms with E-state index in [1.165, 1.54) is 22.5 Å². The zero-order valence-corrected chi connectivity index (χ0v) is 22.3. The monoisotopic (exact) mass is 543 g/mol. The van der Waals surface area contributed by atoms with Crippen molar-refractivity contribution in [1.29, 1.82) is 0 Å². The summed E-state index contributed by atoms with van der Waals surface area (Å²) >= 11 is 0. The smallest absolute Gasteiger partial charge is 0.243 e. The van der Waals surface area contributed by atoms with Gasteiger partial charge in [-0.1, -0.05) is 18.2 Å². The molecular formula is C27H34FN5O4S. The Bertz CT molecular complexity index is 1410. The molecule has 2 aliphatic rings. The standard InChI is InChI=1S/C27H34FN5O4S/c1-37-14-6-13-33-25-11-3-2-10-24(25)30-26(33)19-7-5-12-31(16-19)27(34)22-17-32(18-23(22)29)38(35,36)21-9-4-8-20(28)15-21/h2-4,8-11,15,19,22-23H,5-7,12-14,16-18,29H2,1H3/t19-,22-,23-/m1/s1. The van der Waals surface area contributed by atoms with E-state index in [2.05, 4.69) is 10.6 Å². The number of halogens is 1. The SMILES string of the molecule is COCCCn1c([C@@H]2CCCN(C(=O)[C@@H]3CN(S(=O)(=O)c4cccc(F)c4)C[C@H]3N)C2)nc2ccccc21. The van der Waals surface area contributed by atoms with Gasteiger partial charge in [0.25, 0.3) is 0 Å². The maximum atomic E-state index is 13.7. The molecule has 2 fully saturated rings. The molecule has 3 atom stereocenters. The Morgan fingerprint density at radius 2 is 1.97 bits per heavy atom. The molecule has 0 aliphatic carbocycles. The summed E-state index contributed by atoms with van der Waals surface area (Å²) in [5.41, 5.74) is 8.31. The fraction of sp³-hybridized carbons (Fsp3) is 0.481. The average Bonchev–Trinajstić information content (AvgIpc) is 3.50. The number of methoxy groups -OCH3 is 1. The van der Waals surface area contributed by atoms with Crippen LogP contribution in [0.3, 0.4) is 0 Å². The number of amides is 1. The van der Waals surface area contributed by atoms with Crippen molar-refractivity contribution in [3.8, 4) is 0 Å². The minimum absolute atomic E-state index is 0.0157. The van der Waals surface area contributed by atoms with Crippen LogP contribution in [-0.4, -0.2) is 79.0 Å². The first-order valence-corrected chi connectivity index (χ1v) is 14.5. The number of carbonyl (C=O) groups is 1. The predicted molar refractivity (Wildman–Crippen MR) is 141 cm³/mol. The van der Waals surface area contributed by atoms with Gasteiger partial charge in [-0.05, 0) is 49.6 Å². The van der Waals surface area contributed by atoms with E-state index in [0.29, 0.717) is 19.7 Å². The van der Waals surface area contributed by atoms with Crippen molar-refractivity contribution in [3.05, 3.63) is 60.2 Å². The van der Waals surface area contributed by atoms with Gasteiger partial charge in [-0.2, -0.15) is 4.31 Å². The van der Waals surface area contributed by atoms with Gasteiger partial charge in [-0.3, -0.25) is 4.79 Å². The molecule has 38 heavy (non-hydrogen) atoms. The number of ether oxygens (including phenoxy) is 1. The molecular weight excluding hydrogens is 509 g/mol. The zero-order valence-electron chi connectivity index (χ0n) is 21.5. The van der Waals surface area contributed by atoms with E-state index in [4.69, 9.17) is 15.5 Å². The summed E-state index contributed by atoms with van der Waals surface area (Å²) in [5, 5.41) is 0. The number of nitrogens with two attached hydrogens (primary N) is 1. The number of aryl methyl sites for hydroxylation is 1. The molecule has 0 radical (unpaired) electrons. The molecule has 0 saturated carbocycles. The van der Waals surface area contributed by atoms with Gasteiger partial charge in [-0.15, -0.1) is 0 Å². The highest BCUT2D eigenvalue weighted by molar-refractivity contribution is 7.89. The van der Waals surface area contributed by atoms with Crippen LogP contribution in [0.5, 0.6) is 0 Å². The molecule has 2 saturated heterocycles. The van der Waals surface area contributed by atoms with Crippen molar-refractivity contribution in [1.82, 2.24) is 18.8 Å². The largest absolute Gasteiger partial charge is 0.385 e. The summed E-state index contributed by atoms with van der Waals surface area (Å²) in [7, 11) is -2.27. The number of likely N-dealkylation sites (tertiary alicyclic amines) is 1. The molecule has 0 bridgehead atoms. The maximum absolute atomic E-state index is 13.7. The number of imidazole rings is 1. The van der Waals surface area contributed by atoms with E-state index in [-0.39, 0.29) is 29.8 Å². The lowest BCUT2D eigenvalue weighted by atomic mass is 9.94. The number of hydrogen-bond acceptors (Lipinski definition) is 6. The first-order chi connectivity index (χ1) is 18.3. The number of carbonyl (C=O) groups excluding carboxylic acids is 1. The fourth-order valence-electron chi connectivity index (χ4n) is 5.66. The van der Waals surface area contributed by atoms with Crippen LogP contribution in [0.15, 0.2) is 53.4 Å². The van der Waals surface area contributed by atoms with Crippen LogP contribution in [0.1, 0.15) is 31.0 Å². The summed E-state index contributed by atoms with van der Waals surface area (Å²) in [6.45, 7) is 2.52. The highest BCUT2D eigenvalue weighted by Gasteiger charge is 2.43. The van der Waals surface area contributed by atoms with Crippen LogP contribution in [0.25, 0.3) is 11.0 Å². The minimum atomic E-state index is -3.96. The van der Waals surface area contributed by atoms with Crippen molar-refractivity contribution < 1.29 is 22.3 Å². The second-order valence-corrected chi connectivity index (χ2v) is 12.1. The van der Waals surface area contributed by atoms with Crippen LogP contribution in [-0.2, 0) is 26.1 Å². The molecule has 204 valence electrons. The predicted octanol–water partition coefficient (Wildman–Crippen LogP) is 2.57. The van der Waals surface area contributed by atoms with Crippen LogP contribution in [0, 0.1) is 11.7 Å². The number of aromatic nitrogens is 2. The maximum Gasteiger partial charge on any atom is 0.243 e. The highest BCUT2D eigenvalue weighted by atomic mass is 32.2. The Morgan fingerprint density at radius 1 is 1.16 bits per heavy atom. The third-order valence-corrected chi connectivity index (χ3v) is 9.42. The summed E-state index contributed by atoms with van der Waals surface area (Å²) in [6.07, 6.45) is 2.59. The van der Waals surface area contributed by atoms with E-state index < -0.39 is 27.8 Å². The first-order valence-electron chi connectivity index (χ1n) is 13.0. The Labute approximate surface area is 222 Å². The van der Waals surface area contributed by atoms with Crippen LogP contribution >= 0.6 is 0 Å². The first kappa shape index (κ1) is 26.7. The molecule has 2 N–H and O–H groups in total. The van der Waals surface area contributed by atoms with E-state index in [1.807, 2.05) is 23.1 Å². The average molecular weight is 544 g/mol. The van der Waals surface area contributed by atoms with E-state index in [1.54, 1.807) is 7.11 Å². The molecule has 11 heteroatoms. The lowest BCUT2D eigenvalue weighted by Gasteiger charge is -2.35. The van der Waals surface area contributed by atoms with Crippen LogP contribution < -0.4 is 5.73 Å². The number of para-hydroxylation sites is 2. The van der Waals surface area contributed by atoms with Gasteiger partial charge in [0.05, 0.1) is 21.8 Å².